The Kier molecular flexibility index (Phi) is 3.91. The van der Waals surface area contributed by atoms with Gasteiger partial charge in [-0.2, -0.15) is 16.7 Å². The summed E-state index contributed by atoms with van der Waals surface area (Å²) in [5.74, 6) is 2.11. The van der Waals surface area contributed by atoms with Crippen LogP contribution < -0.4 is 0 Å². The molecule has 18 heavy (non-hydrogen) atoms. The summed E-state index contributed by atoms with van der Waals surface area (Å²) < 4.78 is 5.19. The zero-order valence-electron chi connectivity index (χ0n) is 10.7. The maximum Gasteiger partial charge on any atom is 0.258 e. The first-order valence-electron chi connectivity index (χ1n) is 5.80. The molecule has 0 fully saturated rings. The fourth-order valence-electron chi connectivity index (χ4n) is 1.41. The van der Waals surface area contributed by atoms with Crippen LogP contribution in [0.2, 0.25) is 0 Å². The molecule has 0 radical (unpaired) electrons. The second-order valence-corrected chi connectivity index (χ2v) is 5.94. The minimum atomic E-state index is 0.240. The van der Waals surface area contributed by atoms with Crippen molar-refractivity contribution in [2.45, 2.75) is 31.8 Å². The number of benzene rings is 1. The van der Waals surface area contributed by atoms with Crippen LogP contribution in [0.3, 0.4) is 0 Å². The number of aromatic hydroxyl groups is 1. The minimum Gasteiger partial charge on any atom is -0.508 e. The summed E-state index contributed by atoms with van der Waals surface area (Å²) in [6, 6.07) is 5.33. The Bertz CT molecular complexity index is 538. The van der Waals surface area contributed by atoms with Crippen molar-refractivity contribution < 1.29 is 9.63 Å². The van der Waals surface area contributed by atoms with Crippen molar-refractivity contribution >= 4 is 11.8 Å². The van der Waals surface area contributed by atoms with Crippen LogP contribution in [-0.4, -0.2) is 20.5 Å². The van der Waals surface area contributed by atoms with E-state index in [1.165, 1.54) is 0 Å². The Labute approximate surface area is 110 Å². The van der Waals surface area contributed by atoms with Gasteiger partial charge >= 0.3 is 0 Å². The molecule has 0 unspecified atom stereocenters. The van der Waals surface area contributed by atoms with Gasteiger partial charge in [-0.25, -0.2) is 0 Å². The highest BCUT2D eigenvalue weighted by Crippen LogP contribution is 2.25. The maximum absolute atomic E-state index is 9.65. The average Bonchev–Trinajstić information content (AvgIpc) is 2.79. The number of rotatable bonds is 4. The molecule has 0 aliphatic carbocycles. The predicted molar refractivity (Wildman–Crippen MR) is 72.6 cm³/mol. The summed E-state index contributed by atoms with van der Waals surface area (Å²) in [5, 5.41) is 14.1. The molecule has 1 aromatic carbocycles. The van der Waals surface area contributed by atoms with E-state index in [-0.39, 0.29) is 5.75 Å². The van der Waals surface area contributed by atoms with E-state index in [2.05, 4.69) is 24.0 Å². The van der Waals surface area contributed by atoms with Gasteiger partial charge in [0.15, 0.2) is 5.82 Å². The van der Waals surface area contributed by atoms with Crippen molar-refractivity contribution in [1.29, 1.82) is 0 Å². The van der Waals surface area contributed by atoms with Crippen LogP contribution in [0.5, 0.6) is 5.75 Å². The van der Waals surface area contributed by atoms with Gasteiger partial charge in [-0.15, -0.1) is 0 Å². The quantitative estimate of drug-likeness (QED) is 0.917. The van der Waals surface area contributed by atoms with Gasteiger partial charge in [-0.05, 0) is 29.9 Å². The van der Waals surface area contributed by atoms with E-state index < -0.39 is 0 Å². The lowest BCUT2D eigenvalue weighted by Crippen LogP contribution is -1.90. The molecule has 0 atom stereocenters. The Morgan fingerprint density at radius 2 is 2.17 bits per heavy atom. The molecule has 2 rings (SSSR count). The molecule has 4 nitrogen and oxygen atoms in total. The van der Waals surface area contributed by atoms with Gasteiger partial charge in [0.1, 0.15) is 5.75 Å². The number of nitrogens with zero attached hydrogens (tertiary/aromatic N) is 2. The summed E-state index contributed by atoms with van der Waals surface area (Å²) in [6.45, 7) is 6.10. The van der Waals surface area contributed by atoms with Gasteiger partial charge in [0.05, 0.1) is 5.75 Å². The molecule has 1 N–H and O–H groups in total. The molecule has 1 aromatic heterocycles. The SMILES string of the molecule is Cc1ccc(-c2nc(CSC(C)C)no2)cc1O. The molecular formula is C13H16N2O2S. The number of aryl methyl sites for hydroxylation is 1. The van der Waals surface area contributed by atoms with Crippen molar-refractivity contribution in [2.24, 2.45) is 0 Å². The van der Waals surface area contributed by atoms with Gasteiger partial charge < -0.3 is 9.63 Å². The first-order valence-corrected chi connectivity index (χ1v) is 6.85. The van der Waals surface area contributed by atoms with Crippen LogP contribution in [0.1, 0.15) is 25.2 Å². The van der Waals surface area contributed by atoms with Crippen molar-refractivity contribution in [3.8, 4) is 17.2 Å². The third kappa shape index (κ3) is 3.04. The molecule has 5 heteroatoms. The molecule has 2 aromatic rings. The third-order valence-corrected chi connectivity index (χ3v) is 3.56. The summed E-state index contributed by atoms with van der Waals surface area (Å²) in [7, 11) is 0. The molecule has 0 saturated carbocycles. The number of hydrogen-bond acceptors (Lipinski definition) is 5. The molecule has 0 bridgehead atoms. The minimum absolute atomic E-state index is 0.240. The maximum atomic E-state index is 9.65. The van der Waals surface area contributed by atoms with Crippen LogP contribution in [0, 0.1) is 6.92 Å². The third-order valence-electron chi connectivity index (χ3n) is 2.47. The van der Waals surface area contributed by atoms with Gasteiger partial charge in [-0.1, -0.05) is 25.1 Å². The number of phenolic OH excluding ortho intramolecular Hbond substituents is 1. The molecule has 1 heterocycles. The Hall–Kier alpha value is -1.49. The smallest absolute Gasteiger partial charge is 0.258 e. The lowest BCUT2D eigenvalue weighted by atomic mass is 10.1. The normalized spacial score (nSPS) is 11.1. The molecular weight excluding hydrogens is 248 g/mol. The molecule has 96 valence electrons. The second-order valence-electron chi connectivity index (χ2n) is 4.38. The Morgan fingerprint density at radius 3 is 2.83 bits per heavy atom. The number of aromatic nitrogens is 2. The van der Waals surface area contributed by atoms with E-state index in [1.807, 2.05) is 19.1 Å². The Balaban J connectivity index is 2.16. The number of hydrogen-bond donors (Lipinski definition) is 1. The molecule has 0 amide bonds. The number of thioether (sulfide) groups is 1. The topological polar surface area (TPSA) is 59.2 Å². The summed E-state index contributed by atoms with van der Waals surface area (Å²) >= 11 is 1.76. The fraction of sp³-hybridized carbons (Fsp3) is 0.385. The standard InChI is InChI=1S/C13H16N2O2S/c1-8(2)18-7-12-14-13(17-15-12)10-5-4-9(3)11(16)6-10/h4-6,8,16H,7H2,1-3H3. The van der Waals surface area contributed by atoms with Crippen LogP contribution in [0.15, 0.2) is 22.7 Å². The monoisotopic (exact) mass is 264 g/mol. The van der Waals surface area contributed by atoms with Gasteiger partial charge in [-0.3, -0.25) is 0 Å². The fourth-order valence-corrected chi connectivity index (χ4v) is 2.01. The molecule has 0 spiro atoms. The van der Waals surface area contributed by atoms with Crippen LogP contribution in [0.4, 0.5) is 0 Å². The summed E-state index contributed by atoms with van der Waals surface area (Å²) in [5.41, 5.74) is 1.57. The van der Waals surface area contributed by atoms with E-state index in [1.54, 1.807) is 17.8 Å². The van der Waals surface area contributed by atoms with Crippen molar-refractivity contribution in [1.82, 2.24) is 10.1 Å². The highest BCUT2D eigenvalue weighted by Gasteiger charge is 2.10. The highest BCUT2D eigenvalue weighted by atomic mass is 32.2. The zero-order chi connectivity index (χ0) is 13.1. The first-order chi connectivity index (χ1) is 8.56. The van der Waals surface area contributed by atoms with Crippen molar-refractivity contribution in [2.75, 3.05) is 0 Å². The zero-order valence-corrected chi connectivity index (χ0v) is 11.5. The summed E-state index contributed by atoms with van der Waals surface area (Å²) in [4.78, 5) is 4.31. The van der Waals surface area contributed by atoms with Gasteiger partial charge in [0.25, 0.3) is 5.89 Å². The van der Waals surface area contributed by atoms with Crippen molar-refractivity contribution in [3.05, 3.63) is 29.6 Å². The molecule has 0 saturated heterocycles. The number of phenols is 1. The van der Waals surface area contributed by atoms with Gasteiger partial charge in [0.2, 0.25) is 0 Å². The van der Waals surface area contributed by atoms with E-state index >= 15 is 0 Å². The molecule has 0 aliphatic heterocycles. The van der Waals surface area contributed by atoms with Gasteiger partial charge in [0, 0.05) is 5.56 Å². The largest absolute Gasteiger partial charge is 0.508 e. The van der Waals surface area contributed by atoms with Crippen LogP contribution >= 0.6 is 11.8 Å². The lowest BCUT2D eigenvalue weighted by Gasteiger charge is -2.00. The predicted octanol–water partition coefficient (Wildman–Crippen LogP) is 3.39. The Morgan fingerprint density at radius 1 is 1.39 bits per heavy atom. The van der Waals surface area contributed by atoms with Crippen molar-refractivity contribution in [3.63, 3.8) is 0 Å². The van der Waals surface area contributed by atoms with E-state index in [0.717, 1.165) is 16.9 Å². The van der Waals surface area contributed by atoms with E-state index in [0.29, 0.717) is 17.0 Å². The molecule has 0 aliphatic rings. The van der Waals surface area contributed by atoms with Crippen LogP contribution in [-0.2, 0) is 5.75 Å². The summed E-state index contributed by atoms with van der Waals surface area (Å²) in [6.07, 6.45) is 0. The first kappa shape index (κ1) is 13.0. The van der Waals surface area contributed by atoms with E-state index in [4.69, 9.17) is 4.52 Å². The lowest BCUT2D eigenvalue weighted by molar-refractivity contribution is 0.424. The van der Waals surface area contributed by atoms with Crippen LogP contribution in [0.25, 0.3) is 11.5 Å². The second kappa shape index (κ2) is 5.44. The average molecular weight is 264 g/mol. The van der Waals surface area contributed by atoms with E-state index in [9.17, 15) is 5.11 Å². The highest BCUT2D eigenvalue weighted by molar-refractivity contribution is 7.99.